The van der Waals surface area contributed by atoms with Crippen molar-refractivity contribution in [1.29, 1.82) is 0 Å². The van der Waals surface area contributed by atoms with Crippen LogP contribution in [0.5, 0.6) is 0 Å². The highest BCUT2D eigenvalue weighted by Gasteiger charge is 2.15. The molecule has 0 aromatic heterocycles. The number of sulfone groups is 1. The molecule has 0 bridgehead atoms. The van der Waals surface area contributed by atoms with Gasteiger partial charge in [-0.25, -0.2) is 8.42 Å². The topological polar surface area (TPSA) is 34.1 Å². The van der Waals surface area contributed by atoms with Gasteiger partial charge < -0.3 is 0 Å². The summed E-state index contributed by atoms with van der Waals surface area (Å²) in [4.78, 5) is 0.299. The summed E-state index contributed by atoms with van der Waals surface area (Å²) in [5.41, 5.74) is 1.37. The molecular weight excluding hydrogens is 256 g/mol. The molecule has 2 nitrogen and oxygen atoms in total. The average molecular weight is 267 g/mol. The van der Waals surface area contributed by atoms with Gasteiger partial charge in [-0.3, -0.25) is 0 Å². The summed E-state index contributed by atoms with van der Waals surface area (Å²) >= 11 is 6.09. The smallest absolute Gasteiger partial charge is 0.176 e. The van der Waals surface area contributed by atoms with E-state index >= 15 is 0 Å². The van der Waals surface area contributed by atoms with Gasteiger partial charge in [0.05, 0.1) is 4.90 Å². The Morgan fingerprint density at radius 1 is 0.882 bits per heavy atom. The Morgan fingerprint density at radius 2 is 1.41 bits per heavy atom. The molecule has 17 heavy (non-hydrogen) atoms. The van der Waals surface area contributed by atoms with Crippen molar-refractivity contribution >= 4 is 21.4 Å². The van der Waals surface area contributed by atoms with E-state index in [1.54, 1.807) is 30.3 Å². The van der Waals surface area contributed by atoms with Crippen LogP contribution in [0.3, 0.4) is 0 Å². The minimum Gasteiger partial charge on any atom is -0.224 e. The molecule has 2 rings (SSSR count). The fourth-order valence-electron chi connectivity index (χ4n) is 1.69. The van der Waals surface area contributed by atoms with E-state index in [-0.39, 0.29) is 0 Å². The molecule has 0 aliphatic heterocycles. The molecule has 0 aliphatic rings. The Hall–Kier alpha value is -1.32. The van der Waals surface area contributed by atoms with E-state index < -0.39 is 9.84 Å². The molecule has 0 N–H and O–H groups in total. The molecule has 0 amide bonds. The van der Waals surface area contributed by atoms with E-state index in [4.69, 9.17) is 11.6 Å². The molecule has 0 fully saturated rings. The van der Waals surface area contributed by atoms with Crippen LogP contribution in [0.25, 0.3) is 11.1 Å². The third-order valence-corrected chi connectivity index (χ3v) is 3.94. The van der Waals surface area contributed by atoms with E-state index in [9.17, 15) is 8.42 Å². The predicted octanol–water partition coefficient (Wildman–Crippen LogP) is 3.41. The quantitative estimate of drug-likeness (QED) is 0.835. The van der Waals surface area contributed by atoms with E-state index in [1.807, 2.05) is 18.2 Å². The van der Waals surface area contributed by atoms with Crippen molar-refractivity contribution in [2.45, 2.75) is 4.90 Å². The van der Waals surface area contributed by atoms with Crippen LogP contribution >= 0.6 is 11.6 Å². The first-order valence-corrected chi connectivity index (χ1v) is 7.31. The highest BCUT2D eigenvalue weighted by atomic mass is 35.5. The van der Waals surface area contributed by atoms with Gasteiger partial charge in [-0.2, -0.15) is 0 Å². The number of hydrogen-bond acceptors (Lipinski definition) is 2. The lowest BCUT2D eigenvalue weighted by Crippen LogP contribution is -1.99. The molecule has 2 aromatic carbocycles. The Balaban J connectivity index is 2.74. The summed E-state index contributed by atoms with van der Waals surface area (Å²) in [7, 11) is -3.26. The molecule has 0 saturated carbocycles. The lowest BCUT2D eigenvalue weighted by molar-refractivity contribution is 0.602. The first-order chi connectivity index (χ1) is 8.00. The van der Waals surface area contributed by atoms with Gasteiger partial charge in [0, 0.05) is 22.4 Å². The highest BCUT2D eigenvalue weighted by molar-refractivity contribution is 7.90. The molecule has 0 radical (unpaired) electrons. The van der Waals surface area contributed by atoms with E-state index in [2.05, 4.69) is 0 Å². The zero-order valence-electron chi connectivity index (χ0n) is 9.22. The van der Waals surface area contributed by atoms with Crippen molar-refractivity contribution in [1.82, 2.24) is 0 Å². The monoisotopic (exact) mass is 266 g/mol. The van der Waals surface area contributed by atoms with Gasteiger partial charge in [0.25, 0.3) is 0 Å². The third kappa shape index (κ3) is 2.51. The molecular formula is C13H11ClO2S. The van der Waals surface area contributed by atoms with E-state index in [0.29, 0.717) is 15.5 Å². The van der Waals surface area contributed by atoms with Crippen molar-refractivity contribution in [3.05, 3.63) is 53.6 Å². The van der Waals surface area contributed by atoms with Crippen LogP contribution in [-0.4, -0.2) is 14.7 Å². The van der Waals surface area contributed by atoms with Crippen molar-refractivity contribution in [3.63, 3.8) is 0 Å². The zero-order valence-corrected chi connectivity index (χ0v) is 10.8. The standard InChI is InChI=1S/C13H11ClO2S/c1-17(15,16)13-9-5-3-7-11(13)10-6-2-4-8-12(10)14/h2-9H,1H3. The molecule has 4 heteroatoms. The first-order valence-electron chi connectivity index (χ1n) is 5.04. The average Bonchev–Trinajstić information content (AvgIpc) is 2.28. The summed E-state index contributed by atoms with van der Waals surface area (Å²) in [5, 5.41) is 0.545. The number of halogens is 1. The van der Waals surface area contributed by atoms with Crippen molar-refractivity contribution in [2.75, 3.05) is 6.26 Å². The number of benzene rings is 2. The number of hydrogen-bond donors (Lipinski definition) is 0. The molecule has 0 spiro atoms. The van der Waals surface area contributed by atoms with Gasteiger partial charge in [-0.1, -0.05) is 48.0 Å². The van der Waals surface area contributed by atoms with E-state index in [0.717, 1.165) is 5.56 Å². The Morgan fingerprint density at radius 3 is 2.00 bits per heavy atom. The molecule has 0 atom stereocenters. The second kappa shape index (κ2) is 4.51. The maximum absolute atomic E-state index is 11.7. The van der Waals surface area contributed by atoms with Crippen LogP contribution in [0.4, 0.5) is 0 Å². The molecule has 0 unspecified atom stereocenters. The molecule has 0 saturated heterocycles. The predicted molar refractivity (Wildman–Crippen MR) is 70.0 cm³/mol. The van der Waals surface area contributed by atoms with Crippen LogP contribution in [0, 0.1) is 0 Å². The summed E-state index contributed by atoms with van der Waals surface area (Å²) in [6.07, 6.45) is 1.20. The van der Waals surface area contributed by atoms with Gasteiger partial charge in [0.2, 0.25) is 0 Å². The number of rotatable bonds is 2. The zero-order chi connectivity index (χ0) is 12.5. The first kappa shape index (κ1) is 12.1. The SMILES string of the molecule is CS(=O)(=O)c1ccccc1-c1ccccc1Cl. The van der Waals surface area contributed by atoms with Gasteiger partial charge in [0.15, 0.2) is 9.84 Å². The van der Waals surface area contributed by atoms with Crippen LogP contribution in [0.1, 0.15) is 0 Å². The van der Waals surface area contributed by atoms with Crippen LogP contribution in [0.15, 0.2) is 53.4 Å². The summed E-state index contributed by atoms with van der Waals surface area (Å²) in [6.45, 7) is 0. The van der Waals surface area contributed by atoms with Gasteiger partial charge >= 0.3 is 0 Å². The van der Waals surface area contributed by atoms with Crippen LogP contribution < -0.4 is 0 Å². The second-order valence-electron chi connectivity index (χ2n) is 3.75. The molecule has 0 heterocycles. The minimum absolute atomic E-state index is 0.299. The molecule has 2 aromatic rings. The maximum atomic E-state index is 11.7. The van der Waals surface area contributed by atoms with E-state index in [1.165, 1.54) is 6.26 Å². The molecule has 88 valence electrons. The van der Waals surface area contributed by atoms with Crippen LogP contribution in [-0.2, 0) is 9.84 Å². The normalized spacial score (nSPS) is 11.4. The highest BCUT2D eigenvalue weighted by Crippen LogP contribution is 2.32. The van der Waals surface area contributed by atoms with Crippen LogP contribution in [0.2, 0.25) is 5.02 Å². The van der Waals surface area contributed by atoms with Gasteiger partial charge in [-0.15, -0.1) is 0 Å². The second-order valence-corrected chi connectivity index (χ2v) is 6.14. The summed E-state index contributed by atoms with van der Waals surface area (Å²) in [6, 6.07) is 14.1. The maximum Gasteiger partial charge on any atom is 0.176 e. The summed E-state index contributed by atoms with van der Waals surface area (Å²) in [5.74, 6) is 0. The Bertz CT molecular complexity index is 648. The van der Waals surface area contributed by atoms with Gasteiger partial charge in [-0.05, 0) is 12.1 Å². The molecule has 0 aliphatic carbocycles. The largest absolute Gasteiger partial charge is 0.224 e. The fraction of sp³-hybridized carbons (Fsp3) is 0.0769. The van der Waals surface area contributed by atoms with Crippen molar-refractivity contribution in [3.8, 4) is 11.1 Å². The lowest BCUT2D eigenvalue weighted by Gasteiger charge is -2.09. The summed E-state index contributed by atoms with van der Waals surface area (Å²) < 4.78 is 23.4. The minimum atomic E-state index is -3.26. The third-order valence-electron chi connectivity index (χ3n) is 2.45. The Kier molecular flexibility index (Phi) is 3.22. The van der Waals surface area contributed by atoms with Crippen molar-refractivity contribution < 1.29 is 8.42 Å². The van der Waals surface area contributed by atoms with Gasteiger partial charge in [0.1, 0.15) is 0 Å². The fourth-order valence-corrected chi connectivity index (χ4v) is 2.83. The Labute approximate surface area is 106 Å². The van der Waals surface area contributed by atoms with Crippen molar-refractivity contribution in [2.24, 2.45) is 0 Å². The lowest BCUT2D eigenvalue weighted by atomic mass is 10.1.